The number of hydrogen-bond donors (Lipinski definition) is 1. The van der Waals surface area contributed by atoms with Crippen LogP contribution in [0.3, 0.4) is 0 Å². The molecule has 35 heavy (non-hydrogen) atoms. The fourth-order valence-electron chi connectivity index (χ4n) is 4.12. The lowest BCUT2D eigenvalue weighted by molar-refractivity contribution is -0.122. The molecule has 2 aromatic rings. The molecule has 1 amide bonds. The SMILES string of the molecule is C=CCNc1nc2ccccn2c(=O)c1/C=C1/SC(=S)N(CCCCCCCCCCCC)C1=O. The zero-order chi connectivity index (χ0) is 25.0. The standard InChI is InChI=1S/C27H36N4O2S2/c1-3-5-6-7-8-9-10-11-12-14-19-31-26(33)22(35-27(31)34)20-21-24(28-17-4-2)29-23-16-13-15-18-30(23)25(21)32/h4,13,15-16,18,20,28H,2-3,5-12,14,17,19H2,1H3/b22-20+. The molecule has 2 aromatic heterocycles. The van der Waals surface area contributed by atoms with E-state index >= 15 is 0 Å². The number of hydrogen-bond acceptors (Lipinski definition) is 6. The Morgan fingerprint density at radius 1 is 1.06 bits per heavy atom. The molecule has 0 bridgehead atoms. The number of pyridine rings is 1. The summed E-state index contributed by atoms with van der Waals surface area (Å²) in [5.74, 6) is 0.296. The summed E-state index contributed by atoms with van der Waals surface area (Å²) in [6.07, 6.45) is 17.4. The molecule has 1 saturated heterocycles. The quantitative estimate of drug-likeness (QED) is 0.129. The van der Waals surface area contributed by atoms with Crippen molar-refractivity contribution < 1.29 is 4.79 Å². The minimum absolute atomic E-state index is 0.136. The van der Waals surface area contributed by atoms with Crippen LogP contribution in [0.15, 0.2) is 46.8 Å². The number of thiocarbonyl (C=S) groups is 1. The number of anilines is 1. The van der Waals surface area contributed by atoms with Crippen molar-refractivity contribution in [3.8, 4) is 0 Å². The van der Waals surface area contributed by atoms with Crippen LogP contribution in [0.1, 0.15) is 76.7 Å². The maximum absolute atomic E-state index is 13.2. The van der Waals surface area contributed by atoms with Crippen LogP contribution in [-0.2, 0) is 4.79 Å². The van der Waals surface area contributed by atoms with E-state index in [4.69, 9.17) is 12.2 Å². The Morgan fingerprint density at radius 2 is 1.74 bits per heavy atom. The van der Waals surface area contributed by atoms with Crippen molar-refractivity contribution in [1.82, 2.24) is 14.3 Å². The highest BCUT2D eigenvalue weighted by atomic mass is 32.2. The Hall–Kier alpha value is -2.45. The molecule has 6 nitrogen and oxygen atoms in total. The minimum Gasteiger partial charge on any atom is -0.366 e. The van der Waals surface area contributed by atoms with E-state index in [2.05, 4.69) is 23.8 Å². The van der Waals surface area contributed by atoms with Gasteiger partial charge >= 0.3 is 0 Å². The highest BCUT2D eigenvalue weighted by Crippen LogP contribution is 2.33. The molecule has 0 radical (unpaired) electrons. The molecule has 0 spiro atoms. The average Bonchev–Trinajstić information content (AvgIpc) is 3.13. The van der Waals surface area contributed by atoms with Crippen molar-refractivity contribution in [2.24, 2.45) is 0 Å². The van der Waals surface area contributed by atoms with E-state index < -0.39 is 0 Å². The Bertz CT molecular complexity index is 1130. The fourth-order valence-corrected chi connectivity index (χ4v) is 5.41. The van der Waals surface area contributed by atoms with Gasteiger partial charge in [0.2, 0.25) is 0 Å². The van der Waals surface area contributed by atoms with Gasteiger partial charge in [-0.25, -0.2) is 4.98 Å². The zero-order valence-corrected chi connectivity index (χ0v) is 22.3. The molecule has 0 aliphatic carbocycles. The number of aromatic nitrogens is 2. The molecule has 8 heteroatoms. The lowest BCUT2D eigenvalue weighted by atomic mass is 10.1. The number of fused-ring (bicyclic) bond motifs is 1. The predicted octanol–water partition coefficient (Wildman–Crippen LogP) is 6.41. The number of carbonyl (C=O) groups is 1. The normalized spacial score (nSPS) is 14.9. The van der Waals surface area contributed by atoms with Crippen molar-refractivity contribution in [2.45, 2.75) is 71.1 Å². The maximum atomic E-state index is 13.2. The van der Waals surface area contributed by atoms with E-state index in [1.54, 1.807) is 35.4 Å². The topological polar surface area (TPSA) is 66.7 Å². The molecule has 1 fully saturated rings. The first-order valence-electron chi connectivity index (χ1n) is 12.7. The lowest BCUT2D eigenvalue weighted by Gasteiger charge is -2.14. The summed E-state index contributed by atoms with van der Waals surface area (Å²) in [5, 5.41) is 3.13. The van der Waals surface area contributed by atoms with Gasteiger partial charge in [0.25, 0.3) is 11.5 Å². The number of carbonyl (C=O) groups excluding carboxylic acids is 1. The van der Waals surface area contributed by atoms with Crippen molar-refractivity contribution in [3.05, 3.63) is 57.9 Å². The van der Waals surface area contributed by atoms with Gasteiger partial charge in [0, 0.05) is 19.3 Å². The number of nitrogens with one attached hydrogen (secondary N) is 1. The van der Waals surface area contributed by atoms with E-state index in [0.29, 0.717) is 39.3 Å². The van der Waals surface area contributed by atoms with Crippen LogP contribution in [0.5, 0.6) is 0 Å². The van der Waals surface area contributed by atoms with Gasteiger partial charge in [-0.05, 0) is 24.6 Å². The second-order valence-electron chi connectivity index (χ2n) is 8.79. The summed E-state index contributed by atoms with van der Waals surface area (Å²) in [4.78, 5) is 33.0. The van der Waals surface area contributed by atoms with E-state index in [9.17, 15) is 9.59 Å². The first kappa shape index (κ1) is 27.1. The van der Waals surface area contributed by atoms with Crippen LogP contribution >= 0.6 is 24.0 Å². The van der Waals surface area contributed by atoms with Crippen LogP contribution in [-0.4, -0.2) is 37.6 Å². The predicted molar refractivity (Wildman–Crippen MR) is 152 cm³/mol. The first-order valence-corrected chi connectivity index (χ1v) is 13.9. The third-order valence-electron chi connectivity index (χ3n) is 6.07. The molecule has 1 N–H and O–H groups in total. The molecular weight excluding hydrogens is 476 g/mol. The summed E-state index contributed by atoms with van der Waals surface area (Å²) in [7, 11) is 0. The van der Waals surface area contributed by atoms with Crippen LogP contribution in [0.4, 0.5) is 5.82 Å². The fraction of sp³-hybridized carbons (Fsp3) is 0.481. The van der Waals surface area contributed by atoms with Gasteiger partial charge in [-0.3, -0.25) is 18.9 Å². The van der Waals surface area contributed by atoms with E-state index in [1.165, 1.54) is 67.5 Å². The molecule has 0 unspecified atom stereocenters. The molecule has 1 aliphatic heterocycles. The van der Waals surface area contributed by atoms with Gasteiger partial charge in [-0.2, -0.15) is 0 Å². The molecule has 188 valence electrons. The minimum atomic E-state index is -0.234. The Labute approximate surface area is 217 Å². The molecule has 0 saturated carbocycles. The lowest BCUT2D eigenvalue weighted by Crippen LogP contribution is -2.29. The molecule has 1 aliphatic rings. The van der Waals surface area contributed by atoms with Crippen molar-refractivity contribution in [3.63, 3.8) is 0 Å². The van der Waals surface area contributed by atoms with Crippen LogP contribution < -0.4 is 10.9 Å². The van der Waals surface area contributed by atoms with Gasteiger partial charge in [-0.15, -0.1) is 6.58 Å². The number of nitrogens with zero attached hydrogens (tertiary/aromatic N) is 3. The van der Waals surface area contributed by atoms with Gasteiger partial charge in [0.05, 0.1) is 10.5 Å². The zero-order valence-electron chi connectivity index (χ0n) is 20.6. The van der Waals surface area contributed by atoms with Gasteiger partial charge in [0.15, 0.2) is 0 Å². The Balaban J connectivity index is 1.61. The van der Waals surface area contributed by atoms with E-state index in [-0.39, 0.29) is 11.5 Å². The summed E-state index contributed by atoms with van der Waals surface area (Å²) in [5.41, 5.74) is 0.645. The smallest absolute Gasteiger partial charge is 0.267 e. The summed E-state index contributed by atoms with van der Waals surface area (Å²) in [6, 6.07) is 5.39. The second kappa shape index (κ2) is 14.2. The highest BCUT2D eigenvalue weighted by Gasteiger charge is 2.32. The molecule has 0 aromatic carbocycles. The van der Waals surface area contributed by atoms with Crippen LogP contribution in [0.25, 0.3) is 11.7 Å². The van der Waals surface area contributed by atoms with Crippen molar-refractivity contribution in [1.29, 1.82) is 0 Å². The van der Waals surface area contributed by atoms with Crippen LogP contribution in [0, 0.1) is 0 Å². The van der Waals surface area contributed by atoms with E-state index in [1.807, 2.05) is 6.07 Å². The summed E-state index contributed by atoms with van der Waals surface area (Å²) >= 11 is 6.74. The number of unbranched alkanes of at least 4 members (excludes halogenated alkanes) is 9. The van der Waals surface area contributed by atoms with Crippen molar-refractivity contribution in [2.75, 3.05) is 18.4 Å². The monoisotopic (exact) mass is 512 g/mol. The number of amides is 1. The molecule has 3 heterocycles. The van der Waals surface area contributed by atoms with Gasteiger partial charge < -0.3 is 5.32 Å². The Morgan fingerprint density at radius 3 is 2.43 bits per heavy atom. The highest BCUT2D eigenvalue weighted by molar-refractivity contribution is 8.26. The number of rotatable bonds is 15. The molecule has 3 rings (SSSR count). The third-order valence-corrected chi connectivity index (χ3v) is 7.44. The van der Waals surface area contributed by atoms with E-state index in [0.717, 1.165) is 12.8 Å². The van der Waals surface area contributed by atoms with Crippen LogP contribution in [0.2, 0.25) is 0 Å². The average molecular weight is 513 g/mol. The summed E-state index contributed by atoms with van der Waals surface area (Å²) < 4.78 is 2.03. The Kier molecular flexibility index (Phi) is 11.0. The van der Waals surface area contributed by atoms with Crippen molar-refractivity contribution >= 4 is 51.7 Å². The van der Waals surface area contributed by atoms with Gasteiger partial charge in [-0.1, -0.05) is 101 Å². The summed E-state index contributed by atoms with van der Waals surface area (Å²) in [6.45, 7) is 7.04. The first-order chi connectivity index (χ1) is 17.1. The second-order valence-corrected chi connectivity index (χ2v) is 10.5. The largest absolute Gasteiger partial charge is 0.366 e. The third kappa shape index (κ3) is 7.51. The number of thioether (sulfide) groups is 1. The molecular formula is C27H36N4O2S2. The molecule has 0 atom stereocenters. The maximum Gasteiger partial charge on any atom is 0.267 e. The van der Waals surface area contributed by atoms with Gasteiger partial charge in [0.1, 0.15) is 15.8 Å².